The van der Waals surface area contributed by atoms with Crippen LogP contribution in [0.25, 0.3) is 0 Å². The van der Waals surface area contributed by atoms with E-state index in [0.717, 1.165) is 64.2 Å². The molecule has 0 aliphatic carbocycles. The van der Waals surface area contributed by atoms with Gasteiger partial charge < -0.3 is 15.5 Å². The topological polar surface area (TPSA) is 69.6 Å². The third-order valence-electron chi connectivity index (χ3n) is 13.7. The molecule has 4 heteroatoms. The van der Waals surface area contributed by atoms with E-state index in [4.69, 9.17) is 0 Å². The van der Waals surface area contributed by atoms with Crippen molar-refractivity contribution in [2.24, 2.45) is 0 Å². The SMILES string of the molecule is CC/C=C\C/C=C\C/C=C\C/C=C\C/C=C\C/C=C\CCCCCCCCCCCCCCCCCCCCC(=O)NC(CO)C(O)CCCCCCCCCCCCCCCCCCCCC. The number of unbranched alkanes of at least 4 members (excludes halogenated alkanes) is 36. The van der Waals surface area contributed by atoms with Gasteiger partial charge in [-0.2, -0.15) is 0 Å². The van der Waals surface area contributed by atoms with Gasteiger partial charge in [-0.25, -0.2) is 0 Å². The van der Waals surface area contributed by atoms with Gasteiger partial charge in [0.05, 0.1) is 18.8 Å². The molecule has 0 heterocycles. The van der Waals surface area contributed by atoms with E-state index in [2.05, 4.69) is 92.1 Å². The van der Waals surface area contributed by atoms with Crippen LogP contribution in [0.15, 0.2) is 72.9 Å². The van der Waals surface area contributed by atoms with Crippen molar-refractivity contribution < 1.29 is 15.0 Å². The minimum Gasteiger partial charge on any atom is -0.394 e. The molecular formula is C64H117NO3. The molecule has 396 valence electrons. The Bertz CT molecular complexity index is 1170. The van der Waals surface area contributed by atoms with Crippen LogP contribution >= 0.6 is 0 Å². The van der Waals surface area contributed by atoms with E-state index in [-0.39, 0.29) is 12.5 Å². The fourth-order valence-electron chi connectivity index (χ4n) is 9.19. The van der Waals surface area contributed by atoms with Crippen molar-refractivity contribution in [2.75, 3.05) is 6.61 Å². The molecule has 0 saturated carbocycles. The molecule has 3 N–H and O–H groups in total. The second-order valence-electron chi connectivity index (χ2n) is 20.4. The summed E-state index contributed by atoms with van der Waals surface area (Å²) >= 11 is 0. The Labute approximate surface area is 425 Å². The van der Waals surface area contributed by atoms with Crippen molar-refractivity contribution in [3.8, 4) is 0 Å². The number of amides is 1. The quantitative estimate of drug-likeness (QED) is 0.0420. The summed E-state index contributed by atoms with van der Waals surface area (Å²) in [5, 5.41) is 23.4. The fourth-order valence-corrected chi connectivity index (χ4v) is 9.19. The summed E-state index contributed by atoms with van der Waals surface area (Å²) in [5.41, 5.74) is 0. The van der Waals surface area contributed by atoms with Gasteiger partial charge in [-0.05, 0) is 64.2 Å². The van der Waals surface area contributed by atoms with Gasteiger partial charge in [0, 0.05) is 6.42 Å². The molecule has 0 fully saturated rings. The van der Waals surface area contributed by atoms with E-state index in [1.54, 1.807) is 0 Å². The molecule has 2 unspecified atom stereocenters. The van der Waals surface area contributed by atoms with E-state index in [0.29, 0.717) is 12.8 Å². The predicted octanol–water partition coefficient (Wildman–Crippen LogP) is 20.1. The summed E-state index contributed by atoms with van der Waals surface area (Å²) in [5.74, 6) is -0.0281. The van der Waals surface area contributed by atoms with Crippen LogP contribution in [0.5, 0.6) is 0 Å². The molecule has 1 amide bonds. The third-order valence-corrected chi connectivity index (χ3v) is 13.7. The largest absolute Gasteiger partial charge is 0.394 e. The number of nitrogens with one attached hydrogen (secondary N) is 1. The van der Waals surface area contributed by atoms with Crippen molar-refractivity contribution in [3.63, 3.8) is 0 Å². The lowest BCUT2D eigenvalue weighted by Gasteiger charge is -2.22. The molecule has 4 nitrogen and oxygen atoms in total. The van der Waals surface area contributed by atoms with Crippen molar-refractivity contribution in [1.82, 2.24) is 5.32 Å². The average molecular weight is 949 g/mol. The highest BCUT2D eigenvalue weighted by molar-refractivity contribution is 5.76. The Morgan fingerprint density at radius 1 is 0.368 bits per heavy atom. The average Bonchev–Trinajstić information content (AvgIpc) is 3.34. The van der Waals surface area contributed by atoms with Crippen LogP contribution in [0, 0.1) is 0 Å². The molecule has 0 aliphatic rings. The molecule has 0 aromatic carbocycles. The normalized spacial score (nSPS) is 13.3. The number of hydrogen-bond acceptors (Lipinski definition) is 3. The minimum atomic E-state index is -0.661. The molecule has 2 atom stereocenters. The zero-order chi connectivity index (χ0) is 49.2. The fraction of sp³-hybridized carbons (Fsp3) is 0.797. The van der Waals surface area contributed by atoms with E-state index < -0.39 is 12.1 Å². The lowest BCUT2D eigenvalue weighted by molar-refractivity contribution is -0.123. The number of carbonyl (C=O) groups is 1. The van der Waals surface area contributed by atoms with E-state index in [1.807, 2.05) is 0 Å². The first-order chi connectivity index (χ1) is 33.7. The molecular weight excluding hydrogens is 831 g/mol. The number of carbonyl (C=O) groups excluding carboxylic acids is 1. The minimum absolute atomic E-state index is 0.0281. The van der Waals surface area contributed by atoms with Crippen LogP contribution in [-0.4, -0.2) is 34.9 Å². The first kappa shape index (κ1) is 65.8. The Kier molecular flexibility index (Phi) is 57.3. The number of allylic oxidation sites excluding steroid dienone is 12. The van der Waals surface area contributed by atoms with Crippen LogP contribution < -0.4 is 5.32 Å². The summed E-state index contributed by atoms with van der Waals surface area (Å²) in [6.07, 6.45) is 84.8. The molecule has 0 saturated heterocycles. The van der Waals surface area contributed by atoms with Crippen LogP contribution in [0.2, 0.25) is 0 Å². The van der Waals surface area contributed by atoms with Crippen molar-refractivity contribution in [1.29, 1.82) is 0 Å². The number of rotatable bonds is 55. The van der Waals surface area contributed by atoms with E-state index >= 15 is 0 Å². The number of aliphatic hydroxyl groups is 2. The first-order valence-electron chi connectivity index (χ1n) is 30.1. The summed E-state index contributed by atoms with van der Waals surface area (Å²) in [7, 11) is 0. The van der Waals surface area contributed by atoms with Gasteiger partial charge in [-0.3, -0.25) is 4.79 Å². The lowest BCUT2D eigenvalue weighted by atomic mass is 10.0. The van der Waals surface area contributed by atoms with Gasteiger partial charge >= 0.3 is 0 Å². The van der Waals surface area contributed by atoms with Crippen molar-refractivity contribution in [2.45, 2.75) is 321 Å². The molecule has 0 aromatic heterocycles. The van der Waals surface area contributed by atoms with Crippen molar-refractivity contribution >= 4 is 5.91 Å². The first-order valence-corrected chi connectivity index (χ1v) is 30.1. The standard InChI is InChI=1S/C64H117NO3/c1-3-5-7-9-11-13-15-17-19-21-23-24-25-26-27-28-29-30-31-32-33-34-35-36-37-38-39-40-42-44-46-48-50-52-54-56-58-60-64(68)65-62(61-66)63(67)59-57-55-53-51-49-47-45-43-41-22-20-18-16-14-12-10-8-6-4-2/h5,7,11,13,17,19,23-24,26-27,29-30,62-63,66-67H,3-4,6,8-10,12,14-16,18,20-22,25,28,31-61H2,1-2H3,(H,65,68)/b7-5-,13-11-,19-17-,24-23-,27-26-,30-29-. The van der Waals surface area contributed by atoms with Gasteiger partial charge in [0.1, 0.15) is 0 Å². The Balaban J connectivity index is 3.45. The van der Waals surface area contributed by atoms with Crippen LogP contribution in [0.4, 0.5) is 0 Å². The molecule has 0 radical (unpaired) electrons. The second kappa shape index (κ2) is 59.1. The highest BCUT2D eigenvalue weighted by atomic mass is 16.3. The maximum absolute atomic E-state index is 12.5. The van der Waals surface area contributed by atoms with E-state index in [1.165, 1.54) is 218 Å². The molecule has 0 rings (SSSR count). The maximum atomic E-state index is 12.5. The predicted molar refractivity (Wildman–Crippen MR) is 304 cm³/mol. The van der Waals surface area contributed by atoms with Gasteiger partial charge in [0.2, 0.25) is 5.91 Å². The summed E-state index contributed by atoms with van der Waals surface area (Å²) in [4.78, 5) is 12.5. The Hall–Kier alpha value is -2.17. The van der Waals surface area contributed by atoms with Crippen LogP contribution in [-0.2, 0) is 4.79 Å². The van der Waals surface area contributed by atoms with E-state index in [9.17, 15) is 15.0 Å². The summed E-state index contributed by atoms with van der Waals surface area (Å²) in [6.45, 7) is 4.27. The van der Waals surface area contributed by atoms with Crippen LogP contribution in [0.3, 0.4) is 0 Å². The van der Waals surface area contributed by atoms with Gasteiger partial charge in [0.15, 0.2) is 0 Å². The second-order valence-corrected chi connectivity index (χ2v) is 20.4. The molecule has 0 aliphatic heterocycles. The summed E-state index contributed by atoms with van der Waals surface area (Å²) in [6, 6.07) is -0.538. The monoisotopic (exact) mass is 948 g/mol. The smallest absolute Gasteiger partial charge is 0.220 e. The molecule has 68 heavy (non-hydrogen) atoms. The lowest BCUT2D eigenvalue weighted by Crippen LogP contribution is -2.45. The molecule has 0 aromatic rings. The van der Waals surface area contributed by atoms with Crippen molar-refractivity contribution in [3.05, 3.63) is 72.9 Å². The zero-order valence-corrected chi connectivity index (χ0v) is 45.6. The van der Waals surface area contributed by atoms with Gasteiger partial charge in [-0.15, -0.1) is 0 Å². The Morgan fingerprint density at radius 2 is 0.647 bits per heavy atom. The highest BCUT2D eigenvalue weighted by Crippen LogP contribution is 2.18. The number of aliphatic hydroxyl groups excluding tert-OH is 2. The Morgan fingerprint density at radius 3 is 0.971 bits per heavy atom. The zero-order valence-electron chi connectivity index (χ0n) is 45.6. The maximum Gasteiger partial charge on any atom is 0.220 e. The van der Waals surface area contributed by atoms with Gasteiger partial charge in [0.25, 0.3) is 0 Å². The highest BCUT2D eigenvalue weighted by Gasteiger charge is 2.20. The van der Waals surface area contributed by atoms with Gasteiger partial charge in [-0.1, -0.05) is 311 Å². The summed E-state index contributed by atoms with van der Waals surface area (Å²) < 4.78 is 0. The third kappa shape index (κ3) is 54.8. The van der Waals surface area contributed by atoms with Crippen LogP contribution in [0.1, 0.15) is 309 Å². The number of hydrogen-bond donors (Lipinski definition) is 3. The molecule has 0 spiro atoms. The molecule has 0 bridgehead atoms.